The second-order valence-electron chi connectivity index (χ2n) is 2.07. The highest BCUT2D eigenvalue weighted by Crippen LogP contribution is 2.12. The number of halogens is 2. The van der Waals surface area contributed by atoms with Gasteiger partial charge in [-0.3, -0.25) is 4.79 Å². The number of hydrogen-bond acceptors (Lipinski definition) is 2. The summed E-state index contributed by atoms with van der Waals surface area (Å²) in [4.78, 5) is 14.3. The normalized spacial score (nSPS) is 9.58. The highest BCUT2D eigenvalue weighted by Gasteiger charge is 2.10. The molecule has 0 saturated carbocycles. The molecule has 5 heteroatoms. The zero-order valence-electron chi connectivity index (χ0n) is 6.27. The number of pyridine rings is 1. The fourth-order valence-corrected chi connectivity index (χ4v) is 1.05. The quantitative estimate of drug-likeness (QED) is 0.743. The molecule has 0 fully saturated rings. The molecular formula is C7H6BrFN2O. The van der Waals surface area contributed by atoms with Gasteiger partial charge in [0.15, 0.2) is 0 Å². The van der Waals surface area contributed by atoms with Crippen molar-refractivity contribution in [1.82, 2.24) is 10.3 Å². The number of hydrogen-bond donors (Lipinski definition) is 1. The first-order chi connectivity index (χ1) is 5.65. The molecule has 0 spiro atoms. The molecule has 1 amide bonds. The van der Waals surface area contributed by atoms with Gasteiger partial charge in [-0.05, 0) is 22.0 Å². The van der Waals surface area contributed by atoms with Crippen LogP contribution in [0.25, 0.3) is 0 Å². The van der Waals surface area contributed by atoms with Crippen molar-refractivity contribution in [1.29, 1.82) is 0 Å². The Morgan fingerprint density at radius 1 is 1.75 bits per heavy atom. The summed E-state index contributed by atoms with van der Waals surface area (Å²) in [6.45, 7) is 0. The third kappa shape index (κ3) is 1.79. The number of aromatic nitrogens is 1. The van der Waals surface area contributed by atoms with Gasteiger partial charge < -0.3 is 5.32 Å². The van der Waals surface area contributed by atoms with Crippen molar-refractivity contribution in [3.05, 3.63) is 28.2 Å². The summed E-state index contributed by atoms with van der Waals surface area (Å²) >= 11 is 3.08. The van der Waals surface area contributed by atoms with Crippen LogP contribution in [0.15, 0.2) is 16.7 Å². The Hall–Kier alpha value is -0.970. The third-order valence-electron chi connectivity index (χ3n) is 1.28. The second kappa shape index (κ2) is 3.62. The molecule has 0 atom stereocenters. The van der Waals surface area contributed by atoms with Crippen molar-refractivity contribution in [2.24, 2.45) is 0 Å². The molecule has 0 aliphatic heterocycles. The van der Waals surface area contributed by atoms with E-state index in [4.69, 9.17) is 0 Å². The van der Waals surface area contributed by atoms with Gasteiger partial charge in [0.25, 0.3) is 5.91 Å². The molecule has 0 unspecified atom stereocenters. The molecule has 0 aliphatic carbocycles. The Labute approximate surface area is 77.1 Å². The summed E-state index contributed by atoms with van der Waals surface area (Å²) < 4.78 is 13.4. The van der Waals surface area contributed by atoms with Crippen LogP contribution >= 0.6 is 15.9 Å². The smallest absolute Gasteiger partial charge is 0.255 e. The van der Waals surface area contributed by atoms with Crippen molar-refractivity contribution in [3.8, 4) is 0 Å². The maximum atomic E-state index is 12.8. The minimum Gasteiger partial charge on any atom is -0.355 e. The van der Waals surface area contributed by atoms with Gasteiger partial charge in [-0.2, -0.15) is 4.39 Å². The van der Waals surface area contributed by atoms with Crippen molar-refractivity contribution >= 4 is 21.8 Å². The Morgan fingerprint density at radius 2 is 2.42 bits per heavy atom. The van der Waals surface area contributed by atoms with E-state index in [1.54, 1.807) is 0 Å². The van der Waals surface area contributed by atoms with Crippen LogP contribution in [0.1, 0.15) is 10.4 Å². The molecule has 0 bridgehead atoms. The summed E-state index contributed by atoms with van der Waals surface area (Å²) in [6, 6.07) is 1.38. The molecule has 0 saturated heterocycles. The first-order valence-corrected chi connectivity index (χ1v) is 3.97. The van der Waals surface area contributed by atoms with Gasteiger partial charge in [0, 0.05) is 17.7 Å². The number of amides is 1. The Morgan fingerprint density at radius 3 is 3.00 bits per heavy atom. The maximum absolute atomic E-state index is 12.8. The average molecular weight is 233 g/mol. The molecule has 1 heterocycles. The fraction of sp³-hybridized carbons (Fsp3) is 0.143. The highest BCUT2D eigenvalue weighted by molar-refractivity contribution is 9.10. The number of rotatable bonds is 1. The van der Waals surface area contributed by atoms with Crippen molar-refractivity contribution in [2.75, 3.05) is 7.05 Å². The standard InChI is InChI=1S/C7H6BrFN2O/c1-10-7(12)5-2-4(8)3-11-6(5)9/h2-3H,1H3,(H,10,12). The molecule has 3 nitrogen and oxygen atoms in total. The molecule has 0 radical (unpaired) electrons. The number of carbonyl (C=O) groups excluding carboxylic acids is 1. The van der Waals surface area contributed by atoms with E-state index < -0.39 is 11.9 Å². The highest BCUT2D eigenvalue weighted by atomic mass is 79.9. The lowest BCUT2D eigenvalue weighted by atomic mass is 10.2. The van der Waals surface area contributed by atoms with E-state index in [0.29, 0.717) is 4.47 Å². The molecule has 0 aromatic carbocycles. The lowest BCUT2D eigenvalue weighted by Crippen LogP contribution is -2.19. The molecule has 1 aromatic rings. The van der Waals surface area contributed by atoms with Gasteiger partial charge in [0.2, 0.25) is 5.95 Å². The van der Waals surface area contributed by atoms with E-state index in [1.807, 2.05) is 0 Å². The van der Waals surface area contributed by atoms with Crippen molar-refractivity contribution in [2.45, 2.75) is 0 Å². The third-order valence-corrected chi connectivity index (χ3v) is 1.71. The van der Waals surface area contributed by atoms with Crippen molar-refractivity contribution < 1.29 is 9.18 Å². The first-order valence-electron chi connectivity index (χ1n) is 3.18. The van der Waals surface area contributed by atoms with E-state index in [-0.39, 0.29) is 5.56 Å². The largest absolute Gasteiger partial charge is 0.355 e. The van der Waals surface area contributed by atoms with Crippen molar-refractivity contribution in [3.63, 3.8) is 0 Å². The molecule has 64 valence electrons. The minimum absolute atomic E-state index is 0.0631. The van der Waals surface area contributed by atoms with Gasteiger partial charge in [0.1, 0.15) is 0 Å². The monoisotopic (exact) mass is 232 g/mol. The lowest BCUT2D eigenvalue weighted by Gasteiger charge is -2.00. The van der Waals surface area contributed by atoms with E-state index in [2.05, 4.69) is 26.2 Å². The van der Waals surface area contributed by atoms with Gasteiger partial charge in [-0.25, -0.2) is 4.98 Å². The van der Waals surface area contributed by atoms with E-state index in [0.717, 1.165) is 0 Å². The van der Waals surface area contributed by atoms with Gasteiger partial charge in [-0.15, -0.1) is 0 Å². The van der Waals surface area contributed by atoms with Crippen LogP contribution < -0.4 is 5.32 Å². The topological polar surface area (TPSA) is 42.0 Å². The van der Waals surface area contributed by atoms with Crippen LogP contribution in [0.2, 0.25) is 0 Å². The number of carbonyl (C=O) groups is 1. The van der Waals surface area contributed by atoms with Crippen LogP contribution in [0.5, 0.6) is 0 Å². The molecular weight excluding hydrogens is 227 g/mol. The molecule has 12 heavy (non-hydrogen) atoms. The molecule has 0 aliphatic rings. The maximum Gasteiger partial charge on any atom is 0.255 e. The summed E-state index contributed by atoms with van der Waals surface area (Å²) in [7, 11) is 1.43. The van der Waals surface area contributed by atoms with Gasteiger partial charge >= 0.3 is 0 Å². The second-order valence-corrected chi connectivity index (χ2v) is 2.99. The number of nitrogens with zero attached hydrogens (tertiary/aromatic N) is 1. The lowest BCUT2D eigenvalue weighted by molar-refractivity contribution is 0.0958. The first kappa shape index (κ1) is 9.12. The molecule has 1 N–H and O–H groups in total. The van der Waals surface area contributed by atoms with Gasteiger partial charge in [0.05, 0.1) is 5.56 Å². The molecule has 1 rings (SSSR count). The summed E-state index contributed by atoms with van der Waals surface area (Å²) in [5.74, 6) is -1.25. The van der Waals surface area contributed by atoms with E-state index >= 15 is 0 Å². The SMILES string of the molecule is CNC(=O)c1cc(Br)cnc1F. The van der Waals surface area contributed by atoms with E-state index in [9.17, 15) is 9.18 Å². The van der Waals surface area contributed by atoms with Crippen LogP contribution in [0, 0.1) is 5.95 Å². The van der Waals surface area contributed by atoms with Crippen LogP contribution in [-0.4, -0.2) is 17.9 Å². The zero-order chi connectivity index (χ0) is 9.14. The Balaban J connectivity index is 3.13. The summed E-state index contributed by atoms with van der Waals surface area (Å²) in [5.41, 5.74) is -0.0631. The Bertz CT molecular complexity index is 316. The average Bonchev–Trinajstić information content (AvgIpc) is 2.08. The predicted octanol–water partition coefficient (Wildman–Crippen LogP) is 1.34. The number of nitrogens with one attached hydrogen (secondary N) is 1. The summed E-state index contributed by atoms with van der Waals surface area (Å²) in [5, 5.41) is 2.31. The van der Waals surface area contributed by atoms with E-state index in [1.165, 1.54) is 19.3 Å². The minimum atomic E-state index is -0.766. The fourth-order valence-electron chi connectivity index (χ4n) is 0.716. The van der Waals surface area contributed by atoms with Crippen LogP contribution in [-0.2, 0) is 0 Å². The molecule has 1 aromatic heterocycles. The Kier molecular flexibility index (Phi) is 2.75. The van der Waals surface area contributed by atoms with Crippen LogP contribution in [0.4, 0.5) is 4.39 Å². The summed E-state index contributed by atoms with van der Waals surface area (Å²) in [6.07, 6.45) is 1.29. The predicted molar refractivity (Wildman–Crippen MR) is 45.3 cm³/mol. The van der Waals surface area contributed by atoms with Crippen LogP contribution in [0.3, 0.4) is 0 Å². The van der Waals surface area contributed by atoms with Gasteiger partial charge in [-0.1, -0.05) is 0 Å². The zero-order valence-corrected chi connectivity index (χ0v) is 7.85.